The number of carbonyl (C=O) groups excluding carboxylic acids is 1. The third-order valence-electron chi connectivity index (χ3n) is 2.40. The molecule has 0 amide bonds. The first-order valence-electron chi connectivity index (χ1n) is 5.41. The third kappa shape index (κ3) is 6.22. The molecule has 0 unspecified atom stereocenters. The van der Waals surface area contributed by atoms with Crippen LogP contribution in [-0.2, 0) is 14.3 Å². The van der Waals surface area contributed by atoms with Gasteiger partial charge in [-0.2, -0.15) is 0 Å². The Morgan fingerprint density at radius 1 is 1.31 bits per heavy atom. The molecule has 0 bridgehead atoms. The van der Waals surface area contributed by atoms with E-state index in [1.165, 1.54) is 0 Å². The summed E-state index contributed by atoms with van der Waals surface area (Å²) in [6.07, 6.45) is 1.76. The number of carbonyl (C=O) groups is 2. The van der Waals surface area contributed by atoms with Gasteiger partial charge in [-0.05, 0) is 33.1 Å². The average Bonchev–Trinajstić information content (AvgIpc) is 2.16. The summed E-state index contributed by atoms with van der Waals surface area (Å²) in [4.78, 5) is 21.8. The summed E-state index contributed by atoms with van der Waals surface area (Å²) in [7, 11) is 0. The number of hydrogen-bond donors (Lipinski definition) is 1. The van der Waals surface area contributed by atoms with Crippen LogP contribution in [0.1, 0.15) is 46.5 Å². The molecule has 0 aromatic heterocycles. The Bertz CT molecular complexity index is 279. The molecule has 0 heterocycles. The molecule has 0 aliphatic carbocycles. The van der Waals surface area contributed by atoms with E-state index >= 15 is 0 Å². The van der Waals surface area contributed by atoms with E-state index in [1.54, 1.807) is 0 Å². The quantitative estimate of drug-likeness (QED) is 0.537. The lowest BCUT2D eigenvalue weighted by Crippen LogP contribution is -2.26. The molecule has 0 atom stereocenters. The fourth-order valence-corrected chi connectivity index (χ4v) is 0.984. The van der Waals surface area contributed by atoms with Crippen molar-refractivity contribution in [1.82, 2.24) is 0 Å². The van der Waals surface area contributed by atoms with Crippen molar-refractivity contribution in [2.75, 3.05) is 0 Å². The minimum absolute atomic E-state index is 0.127. The zero-order valence-electron chi connectivity index (χ0n) is 10.2. The third-order valence-corrected chi connectivity index (χ3v) is 2.40. The molecule has 0 rings (SSSR count). The first-order chi connectivity index (χ1) is 7.28. The van der Waals surface area contributed by atoms with Gasteiger partial charge in [-0.15, -0.1) is 0 Å². The van der Waals surface area contributed by atoms with E-state index < -0.39 is 11.6 Å². The van der Waals surface area contributed by atoms with Gasteiger partial charge in [-0.3, -0.25) is 4.79 Å². The fourth-order valence-electron chi connectivity index (χ4n) is 0.984. The van der Waals surface area contributed by atoms with Crippen LogP contribution in [0, 0.1) is 0 Å². The van der Waals surface area contributed by atoms with Gasteiger partial charge in [0.15, 0.2) is 0 Å². The van der Waals surface area contributed by atoms with E-state index in [1.807, 2.05) is 20.8 Å². The van der Waals surface area contributed by atoms with Crippen molar-refractivity contribution >= 4 is 11.9 Å². The van der Waals surface area contributed by atoms with Gasteiger partial charge in [0.25, 0.3) is 0 Å². The Balaban J connectivity index is 3.83. The molecule has 0 radical (unpaired) electrons. The molecule has 0 saturated carbocycles. The maximum absolute atomic E-state index is 11.4. The normalized spacial score (nSPS) is 10.9. The number of esters is 1. The molecule has 4 nitrogen and oxygen atoms in total. The van der Waals surface area contributed by atoms with Crippen molar-refractivity contribution in [2.24, 2.45) is 0 Å². The summed E-state index contributed by atoms with van der Waals surface area (Å²) in [5.41, 5.74) is -0.316. The molecule has 0 spiro atoms. The minimum atomic E-state index is -1.01. The Morgan fingerprint density at radius 2 is 1.88 bits per heavy atom. The first kappa shape index (κ1) is 14.7. The Morgan fingerprint density at radius 3 is 2.31 bits per heavy atom. The molecule has 1 N–H and O–H groups in total. The van der Waals surface area contributed by atoms with Gasteiger partial charge in [0.05, 0.1) is 0 Å². The lowest BCUT2D eigenvalue weighted by atomic mass is 10.1. The van der Waals surface area contributed by atoms with E-state index in [9.17, 15) is 9.59 Å². The van der Waals surface area contributed by atoms with Crippen molar-refractivity contribution in [1.29, 1.82) is 0 Å². The summed E-state index contributed by atoms with van der Waals surface area (Å²) in [5.74, 6) is -1.30. The van der Waals surface area contributed by atoms with Crippen LogP contribution in [0.2, 0.25) is 0 Å². The summed E-state index contributed by atoms with van der Waals surface area (Å²) in [6, 6.07) is 0. The monoisotopic (exact) mass is 228 g/mol. The van der Waals surface area contributed by atoms with Gasteiger partial charge in [0.2, 0.25) is 0 Å². The molecule has 92 valence electrons. The van der Waals surface area contributed by atoms with Crippen molar-refractivity contribution in [3.05, 3.63) is 12.2 Å². The highest BCUT2D eigenvalue weighted by atomic mass is 16.6. The largest absolute Gasteiger partial charge is 0.478 e. The molecular formula is C12H20O4. The molecule has 4 heteroatoms. The highest BCUT2D eigenvalue weighted by Crippen LogP contribution is 2.15. The smallest absolute Gasteiger partial charge is 0.330 e. The second kappa shape index (κ2) is 6.30. The molecule has 0 aromatic carbocycles. The number of hydrogen-bond acceptors (Lipinski definition) is 3. The second-order valence-electron chi connectivity index (χ2n) is 4.35. The van der Waals surface area contributed by atoms with E-state index in [-0.39, 0.29) is 18.0 Å². The Kier molecular flexibility index (Phi) is 5.78. The molecular weight excluding hydrogens is 208 g/mol. The van der Waals surface area contributed by atoms with Crippen LogP contribution in [0.4, 0.5) is 0 Å². The topological polar surface area (TPSA) is 63.6 Å². The predicted molar refractivity (Wildman–Crippen MR) is 61.1 cm³/mol. The summed E-state index contributed by atoms with van der Waals surface area (Å²) < 4.78 is 5.21. The van der Waals surface area contributed by atoms with Crippen molar-refractivity contribution in [3.63, 3.8) is 0 Å². The Labute approximate surface area is 96.3 Å². The van der Waals surface area contributed by atoms with Gasteiger partial charge in [0.1, 0.15) is 5.60 Å². The number of aliphatic carboxylic acids is 1. The number of carboxylic acid groups (broad SMARTS) is 1. The average molecular weight is 228 g/mol. The maximum Gasteiger partial charge on any atom is 0.330 e. The molecule has 0 fully saturated rings. The van der Waals surface area contributed by atoms with E-state index in [2.05, 4.69) is 6.58 Å². The zero-order valence-corrected chi connectivity index (χ0v) is 10.2. The van der Waals surface area contributed by atoms with Crippen LogP contribution < -0.4 is 0 Å². The molecule has 0 aliphatic rings. The van der Waals surface area contributed by atoms with Crippen LogP contribution in [-0.4, -0.2) is 22.6 Å². The second-order valence-corrected chi connectivity index (χ2v) is 4.35. The van der Waals surface area contributed by atoms with Crippen LogP contribution >= 0.6 is 0 Å². The first-order valence-corrected chi connectivity index (χ1v) is 5.41. The zero-order chi connectivity index (χ0) is 12.8. The van der Waals surface area contributed by atoms with Crippen molar-refractivity contribution in [3.8, 4) is 0 Å². The van der Waals surface area contributed by atoms with Gasteiger partial charge in [0, 0.05) is 12.0 Å². The summed E-state index contributed by atoms with van der Waals surface area (Å²) in [6.45, 7) is 9.03. The van der Waals surface area contributed by atoms with E-state index in [0.717, 1.165) is 6.42 Å². The van der Waals surface area contributed by atoms with E-state index in [0.29, 0.717) is 12.8 Å². The molecule has 16 heavy (non-hydrogen) atoms. The van der Waals surface area contributed by atoms with Crippen LogP contribution in [0.25, 0.3) is 0 Å². The minimum Gasteiger partial charge on any atom is -0.478 e. The lowest BCUT2D eigenvalue weighted by Gasteiger charge is -2.23. The summed E-state index contributed by atoms with van der Waals surface area (Å²) >= 11 is 0. The molecule has 0 aliphatic heterocycles. The SMILES string of the molecule is C=C(CCCC(=O)OC(C)(C)CC)C(=O)O. The Hall–Kier alpha value is -1.32. The van der Waals surface area contributed by atoms with Gasteiger partial charge in [-0.1, -0.05) is 13.5 Å². The highest BCUT2D eigenvalue weighted by Gasteiger charge is 2.19. The fraction of sp³-hybridized carbons (Fsp3) is 0.667. The highest BCUT2D eigenvalue weighted by molar-refractivity contribution is 5.85. The lowest BCUT2D eigenvalue weighted by molar-refractivity contribution is -0.156. The standard InChI is InChI=1S/C12H20O4/c1-5-12(3,4)16-10(13)8-6-7-9(2)11(14)15/h2,5-8H2,1,3-4H3,(H,14,15). The van der Waals surface area contributed by atoms with Gasteiger partial charge < -0.3 is 9.84 Å². The number of carboxylic acids is 1. The van der Waals surface area contributed by atoms with Gasteiger partial charge >= 0.3 is 11.9 Å². The maximum atomic E-state index is 11.4. The number of rotatable bonds is 7. The summed E-state index contributed by atoms with van der Waals surface area (Å²) in [5, 5.41) is 8.56. The molecule has 0 aromatic rings. The predicted octanol–water partition coefficient (Wildman–Crippen LogP) is 2.53. The molecule has 0 saturated heterocycles. The van der Waals surface area contributed by atoms with Gasteiger partial charge in [-0.25, -0.2) is 4.79 Å². The number of ether oxygens (including phenoxy) is 1. The van der Waals surface area contributed by atoms with Crippen molar-refractivity contribution < 1.29 is 19.4 Å². The van der Waals surface area contributed by atoms with Crippen LogP contribution in [0.15, 0.2) is 12.2 Å². The van der Waals surface area contributed by atoms with Crippen LogP contribution in [0.5, 0.6) is 0 Å². The van der Waals surface area contributed by atoms with Crippen LogP contribution in [0.3, 0.4) is 0 Å². The van der Waals surface area contributed by atoms with Crippen molar-refractivity contribution in [2.45, 2.75) is 52.1 Å². The van der Waals surface area contributed by atoms with E-state index in [4.69, 9.17) is 9.84 Å².